The van der Waals surface area contributed by atoms with Gasteiger partial charge in [0.2, 0.25) is 10.0 Å². The fraction of sp³-hybridized carbons (Fsp3) is 0.455. The molecule has 108 valence electrons. The monoisotopic (exact) mass is 297 g/mol. The number of hydrogen-bond donors (Lipinski definition) is 1. The Balaban J connectivity index is 3.10. The van der Waals surface area contributed by atoms with E-state index in [4.69, 9.17) is 0 Å². The molecule has 0 amide bonds. The number of rotatable bonds is 4. The van der Waals surface area contributed by atoms with Crippen LogP contribution in [0.1, 0.15) is 18.6 Å². The van der Waals surface area contributed by atoms with E-state index in [2.05, 4.69) is 0 Å². The van der Waals surface area contributed by atoms with Gasteiger partial charge in [-0.1, -0.05) is 12.1 Å². The van der Waals surface area contributed by atoms with Crippen LogP contribution in [0.3, 0.4) is 0 Å². The van der Waals surface area contributed by atoms with Crippen molar-refractivity contribution in [3.8, 4) is 0 Å². The van der Waals surface area contributed by atoms with Crippen LogP contribution < -0.4 is 0 Å². The molecule has 0 saturated heterocycles. The Kier molecular flexibility index (Phi) is 4.59. The summed E-state index contributed by atoms with van der Waals surface area (Å²) in [5.41, 5.74) is 0.321. The van der Waals surface area contributed by atoms with Crippen molar-refractivity contribution in [1.82, 2.24) is 4.31 Å². The van der Waals surface area contributed by atoms with E-state index in [0.717, 1.165) is 13.1 Å². The van der Waals surface area contributed by atoms with Crippen LogP contribution in [0, 0.1) is 0 Å². The van der Waals surface area contributed by atoms with Crippen molar-refractivity contribution in [3.63, 3.8) is 0 Å². The largest absolute Gasteiger partial charge is 0.402 e. The van der Waals surface area contributed by atoms with Gasteiger partial charge in [-0.2, -0.15) is 17.5 Å². The Bertz CT molecular complexity index is 540. The summed E-state index contributed by atoms with van der Waals surface area (Å²) in [6.07, 6.45) is -5.51. The number of sulfonamides is 1. The Morgan fingerprint density at radius 2 is 1.95 bits per heavy atom. The van der Waals surface area contributed by atoms with Crippen LogP contribution in [0.15, 0.2) is 29.2 Å². The third kappa shape index (κ3) is 4.19. The van der Waals surface area contributed by atoms with Crippen molar-refractivity contribution in [2.75, 3.05) is 13.6 Å². The van der Waals surface area contributed by atoms with Crippen LogP contribution in [-0.2, 0) is 10.0 Å². The quantitative estimate of drug-likeness (QED) is 0.923. The van der Waals surface area contributed by atoms with Gasteiger partial charge in [-0.25, -0.2) is 8.42 Å². The lowest BCUT2D eigenvalue weighted by atomic mass is 10.1. The second-order valence-electron chi connectivity index (χ2n) is 4.12. The lowest BCUT2D eigenvalue weighted by molar-refractivity contribution is -0.134. The molecule has 1 N–H and O–H groups in total. The van der Waals surface area contributed by atoms with Gasteiger partial charge < -0.3 is 5.11 Å². The summed E-state index contributed by atoms with van der Waals surface area (Å²) < 4.78 is 60.7. The fourth-order valence-corrected chi connectivity index (χ4v) is 2.66. The first-order chi connectivity index (χ1) is 8.54. The smallest absolute Gasteiger partial charge is 0.389 e. The van der Waals surface area contributed by atoms with Gasteiger partial charge in [0, 0.05) is 7.05 Å². The van der Waals surface area contributed by atoms with Crippen LogP contribution in [0.2, 0.25) is 0 Å². The van der Waals surface area contributed by atoms with Gasteiger partial charge in [0.25, 0.3) is 0 Å². The molecule has 19 heavy (non-hydrogen) atoms. The molecular weight excluding hydrogens is 283 g/mol. The van der Waals surface area contributed by atoms with Crippen molar-refractivity contribution < 1.29 is 26.7 Å². The maximum atomic E-state index is 12.2. The zero-order valence-corrected chi connectivity index (χ0v) is 11.2. The number of alkyl halides is 3. The van der Waals surface area contributed by atoms with Crippen LogP contribution in [0.25, 0.3) is 0 Å². The molecule has 1 unspecified atom stereocenters. The first-order valence-corrected chi connectivity index (χ1v) is 6.79. The average Bonchev–Trinajstić information content (AvgIpc) is 2.26. The van der Waals surface area contributed by atoms with E-state index < -0.39 is 28.8 Å². The Hall–Kier alpha value is -1.12. The Morgan fingerprint density at radius 1 is 1.37 bits per heavy atom. The van der Waals surface area contributed by atoms with Gasteiger partial charge in [-0.3, -0.25) is 0 Å². The molecule has 0 fully saturated rings. The van der Waals surface area contributed by atoms with E-state index in [1.807, 2.05) is 0 Å². The van der Waals surface area contributed by atoms with E-state index in [0.29, 0.717) is 5.56 Å². The molecule has 0 aromatic heterocycles. The van der Waals surface area contributed by atoms with E-state index >= 15 is 0 Å². The highest BCUT2D eigenvalue weighted by atomic mass is 32.2. The Labute approximate surface area is 109 Å². The maximum Gasteiger partial charge on any atom is 0.402 e. The minimum absolute atomic E-state index is 0.230. The molecule has 1 rings (SSSR count). The van der Waals surface area contributed by atoms with E-state index in [1.165, 1.54) is 25.1 Å². The minimum atomic E-state index is -4.61. The molecule has 4 nitrogen and oxygen atoms in total. The van der Waals surface area contributed by atoms with E-state index in [-0.39, 0.29) is 9.20 Å². The number of hydrogen-bond acceptors (Lipinski definition) is 3. The topological polar surface area (TPSA) is 57.6 Å². The summed E-state index contributed by atoms with van der Waals surface area (Å²) in [7, 11) is -3.37. The van der Waals surface area contributed by atoms with E-state index in [9.17, 15) is 26.7 Å². The van der Waals surface area contributed by atoms with Crippen molar-refractivity contribution in [1.29, 1.82) is 0 Å². The third-order valence-corrected chi connectivity index (χ3v) is 4.25. The highest BCUT2D eigenvalue weighted by molar-refractivity contribution is 7.89. The molecule has 0 aliphatic rings. The molecule has 0 bridgehead atoms. The van der Waals surface area contributed by atoms with Crippen LogP contribution >= 0.6 is 0 Å². The van der Waals surface area contributed by atoms with Crippen molar-refractivity contribution in [2.24, 2.45) is 0 Å². The molecule has 0 aliphatic heterocycles. The number of aliphatic hydroxyl groups is 1. The zero-order chi connectivity index (χ0) is 14.8. The Morgan fingerprint density at radius 3 is 2.42 bits per heavy atom. The number of nitrogens with zero attached hydrogens (tertiary/aromatic N) is 1. The maximum absolute atomic E-state index is 12.2. The standard InChI is InChI=1S/C11H14F3NO3S/c1-8(16)9-4-3-5-10(6-9)19(17,18)15(2)7-11(12,13)14/h3-6,8,16H,7H2,1-2H3. The molecule has 0 aliphatic carbocycles. The first-order valence-electron chi connectivity index (χ1n) is 5.35. The molecule has 8 heteroatoms. The summed E-state index contributed by atoms with van der Waals surface area (Å²) in [4.78, 5) is -0.280. The summed E-state index contributed by atoms with van der Waals surface area (Å²) in [6, 6.07) is 5.21. The second kappa shape index (κ2) is 5.48. The summed E-state index contributed by atoms with van der Waals surface area (Å²) in [5.74, 6) is 0. The summed E-state index contributed by atoms with van der Waals surface area (Å²) in [5, 5.41) is 9.35. The van der Waals surface area contributed by atoms with Crippen LogP contribution in [0.4, 0.5) is 13.2 Å². The normalized spacial score (nSPS) is 14.7. The van der Waals surface area contributed by atoms with Gasteiger partial charge in [-0.05, 0) is 24.6 Å². The molecule has 0 radical (unpaired) electrons. The average molecular weight is 297 g/mol. The van der Waals surface area contributed by atoms with Crippen LogP contribution in [0.5, 0.6) is 0 Å². The fourth-order valence-electron chi connectivity index (χ4n) is 1.45. The predicted octanol–water partition coefficient (Wildman–Crippen LogP) is 1.92. The number of halogens is 3. The van der Waals surface area contributed by atoms with Crippen molar-refractivity contribution >= 4 is 10.0 Å². The number of benzene rings is 1. The molecular formula is C11H14F3NO3S. The van der Waals surface area contributed by atoms with Gasteiger partial charge >= 0.3 is 6.18 Å². The summed E-state index contributed by atoms with van der Waals surface area (Å²) in [6.45, 7) is -0.126. The van der Waals surface area contributed by atoms with Crippen LogP contribution in [-0.4, -0.2) is 37.6 Å². The highest BCUT2D eigenvalue weighted by Crippen LogP contribution is 2.23. The summed E-state index contributed by atoms with van der Waals surface area (Å²) >= 11 is 0. The SMILES string of the molecule is CC(O)c1cccc(S(=O)(=O)N(C)CC(F)(F)F)c1. The molecule has 0 heterocycles. The van der Waals surface area contributed by atoms with Gasteiger partial charge in [0.1, 0.15) is 6.54 Å². The number of aliphatic hydroxyl groups excluding tert-OH is 1. The second-order valence-corrected chi connectivity index (χ2v) is 6.17. The van der Waals surface area contributed by atoms with Gasteiger partial charge in [0.05, 0.1) is 11.0 Å². The first kappa shape index (κ1) is 15.9. The lowest BCUT2D eigenvalue weighted by Crippen LogP contribution is -2.35. The van der Waals surface area contributed by atoms with Crippen molar-refractivity contribution in [2.45, 2.75) is 24.1 Å². The predicted molar refractivity (Wildman–Crippen MR) is 62.9 cm³/mol. The van der Waals surface area contributed by atoms with Crippen molar-refractivity contribution in [3.05, 3.63) is 29.8 Å². The highest BCUT2D eigenvalue weighted by Gasteiger charge is 2.34. The van der Waals surface area contributed by atoms with E-state index in [1.54, 1.807) is 0 Å². The van der Waals surface area contributed by atoms with Gasteiger partial charge in [0.15, 0.2) is 0 Å². The molecule has 1 atom stereocenters. The molecule has 1 aromatic carbocycles. The minimum Gasteiger partial charge on any atom is -0.389 e. The third-order valence-electron chi connectivity index (χ3n) is 2.45. The lowest BCUT2D eigenvalue weighted by Gasteiger charge is -2.19. The molecule has 1 aromatic rings. The molecule has 0 saturated carbocycles. The zero-order valence-electron chi connectivity index (χ0n) is 10.3. The molecule has 0 spiro atoms. The van der Waals surface area contributed by atoms with Gasteiger partial charge in [-0.15, -0.1) is 0 Å².